The Hall–Kier alpha value is -1.83. The van der Waals surface area contributed by atoms with Crippen LogP contribution in [0, 0.1) is 21.3 Å². The maximum Gasteiger partial charge on any atom is 0.291 e. The molecule has 4 aliphatic rings. The van der Waals surface area contributed by atoms with Gasteiger partial charge in [0, 0.05) is 9.11 Å². The maximum absolute atomic E-state index is 13.3. The van der Waals surface area contributed by atoms with Crippen LogP contribution >= 0.6 is 22.6 Å². The molecule has 0 radical (unpaired) electrons. The van der Waals surface area contributed by atoms with Crippen molar-refractivity contribution in [1.29, 1.82) is 0 Å². The minimum atomic E-state index is -0.352. The number of halogens is 1. The Morgan fingerprint density at radius 1 is 1.00 bits per heavy atom. The van der Waals surface area contributed by atoms with Crippen molar-refractivity contribution in [3.8, 4) is 0 Å². The van der Waals surface area contributed by atoms with Crippen LogP contribution in [0.15, 0.2) is 41.0 Å². The van der Waals surface area contributed by atoms with E-state index in [9.17, 15) is 9.59 Å². The number of benzene rings is 1. The lowest BCUT2D eigenvalue weighted by Gasteiger charge is -2.56. The number of anilines is 1. The highest BCUT2D eigenvalue weighted by molar-refractivity contribution is 14.1. The molecule has 6 heteroatoms. The minimum absolute atomic E-state index is 0.0601. The number of rotatable bonds is 4. The summed E-state index contributed by atoms with van der Waals surface area (Å²) in [6.07, 6.45) is 8.77. The molecule has 0 unspecified atom stereocenters. The van der Waals surface area contributed by atoms with E-state index in [1.807, 2.05) is 12.1 Å². The van der Waals surface area contributed by atoms with Crippen molar-refractivity contribution in [2.75, 3.05) is 5.32 Å². The summed E-state index contributed by atoms with van der Waals surface area (Å²) in [5.41, 5.74) is 0.974. The first-order valence-electron chi connectivity index (χ1n) is 9.97. The van der Waals surface area contributed by atoms with Crippen molar-refractivity contribution in [3.05, 3.63) is 51.5 Å². The summed E-state index contributed by atoms with van der Waals surface area (Å²) < 4.78 is 6.13. The Morgan fingerprint density at radius 3 is 2.29 bits per heavy atom. The average Bonchev–Trinajstić information content (AvgIpc) is 3.16. The highest BCUT2D eigenvalue weighted by Crippen LogP contribution is 2.55. The quantitative estimate of drug-likeness (QED) is 0.603. The third kappa shape index (κ3) is 3.36. The summed E-state index contributed by atoms with van der Waals surface area (Å²) >= 11 is 2.20. The van der Waals surface area contributed by atoms with E-state index in [-0.39, 0.29) is 23.1 Å². The van der Waals surface area contributed by atoms with E-state index in [1.54, 1.807) is 18.2 Å². The van der Waals surface area contributed by atoms with Crippen LogP contribution in [0.2, 0.25) is 0 Å². The molecule has 0 saturated heterocycles. The average molecular weight is 490 g/mol. The molecule has 2 N–H and O–H groups in total. The predicted octanol–water partition coefficient (Wildman–Crippen LogP) is 4.84. The summed E-state index contributed by atoms with van der Waals surface area (Å²) in [5, 5.41) is 6.23. The van der Waals surface area contributed by atoms with Gasteiger partial charge in [-0.05, 0) is 109 Å². The highest BCUT2D eigenvalue weighted by atomic mass is 127. The second-order valence-electron chi connectivity index (χ2n) is 8.77. The second-order valence-corrected chi connectivity index (χ2v) is 10.0. The first kappa shape index (κ1) is 18.2. The van der Waals surface area contributed by atoms with Gasteiger partial charge in [0.05, 0.1) is 17.5 Å². The normalized spacial score (nSPS) is 30.2. The number of carbonyl (C=O) groups is 2. The molecular formula is C22H23IN2O3. The van der Waals surface area contributed by atoms with Gasteiger partial charge in [-0.15, -0.1) is 0 Å². The lowest BCUT2D eigenvalue weighted by molar-refractivity contribution is -0.0166. The lowest BCUT2D eigenvalue weighted by Crippen LogP contribution is -2.59. The van der Waals surface area contributed by atoms with Crippen LogP contribution in [0.25, 0.3) is 0 Å². The van der Waals surface area contributed by atoms with E-state index in [0.29, 0.717) is 11.3 Å². The van der Waals surface area contributed by atoms with E-state index in [1.165, 1.54) is 25.5 Å². The van der Waals surface area contributed by atoms with Gasteiger partial charge in [-0.2, -0.15) is 0 Å². The van der Waals surface area contributed by atoms with Crippen LogP contribution in [-0.4, -0.2) is 17.4 Å². The van der Waals surface area contributed by atoms with Gasteiger partial charge in [0.1, 0.15) is 0 Å². The van der Waals surface area contributed by atoms with E-state index in [0.717, 1.165) is 40.6 Å². The molecule has 1 aromatic heterocycles. The summed E-state index contributed by atoms with van der Waals surface area (Å²) in [4.78, 5) is 25.7. The zero-order valence-electron chi connectivity index (χ0n) is 15.5. The van der Waals surface area contributed by atoms with Gasteiger partial charge in [-0.25, -0.2) is 0 Å². The Labute approximate surface area is 177 Å². The van der Waals surface area contributed by atoms with E-state index < -0.39 is 0 Å². The lowest BCUT2D eigenvalue weighted by atomic mass is 9.53. The van der Waals surface area contributed by atoms with E-state index in [2.05, 4.69) is 33.2 Å². The number of furan rings is 1. The first-order valence-corrected chi connectivity index (χ1v) is 11.0. The molecule has 0 atom stereocenters. The molecule has 0 spiro atoms. The highest BCUT2D eigenvalue weighted by Gasteiger charge is 2.51. The van der Waals surface area contributed by atoms with Crippen LogP contribution in [0.4, 0.5) is 5.69 Å². The Kier molecular flexibility index (Phi) is 4.49. The van der Waals surface area contributed by atoms with Crippen molar-refractivity contribution in [2.45, 2.75) is 44.1 Å². The van der Waals surface area contributed by atoms with Gasteiger partial charge >= 0.3 is 0 Å². The van der Waals surface area contributed by atoms with E-state index >= 15 is 0 Å². The van der Waals surface area contributed by atoms with Gasteiger partial charge < -0.3 is 15.1 Å². The van der Waals surface area contributed by atoms with Crippen molar-refractivity contribution in [1.82, 2.24) is 5.32 Å². The fourth-order valence-electron chi connectivity index (χ4n) is 5.98. The molecule has 28 heavy (non-hydrogen) atoms. The third-order valence-electron chi connectivity index (χ3n) is 6.64. The van der Waals surface area contributed by atoms with Crippen LogP contribution in [0.5, 0.6) is 0 Å². The molecule has 1 aromatic carbocycles. The molecule has 1 heterocycles. The first-order chi connectivity index (χ1) is 13.5. The molecule has 5 nitrogen and oxygen atoms in total. The van der Waals surface area contributed by atoms with Gasteiger partial charge in [-0.1, -0.05) is 0 Å². The smallest absolute Gasteiger partial charge is 0.291 e. The third-order valence-corrected chi connectivity index (χ3v) is 7.31. The molecule has 4 bridgehead atoms. The zero-order valence-corrected chi connectivity index (χ0v) is 17.7. The number of hydrogen-bond donors (Lipinski definition) is 2. The zero-order chi connectivity index (χ0) is 19.3. The van der Waals surface area contributed by atoms with Crippen LogP contribution in [0.3, 0.4) is 0 Å². The van der Waals surface area contributed by atoms with Gasteiger partial charge in [0.2, 0.25) is 0 Å². The Bertz CT molecular complexity index is 887. The molecule has 2 aromatic rings. The van der Waals surface area contributed by atoms with E-state index in [4.69, 9.17) is 4.42 Å². The van der Waals surface area contributed by atoms with Crippen molar-refractivity contribution in [3.63, 3.8) is 0 Å². The minimum Gasteiger partial charge on any atom is -0.459 e. The monoisotopic (exact) mass is 490 g/mol. The number of hydrogen-bond acceptors (Lipinski definition) is 3. The summed E-state index contributed by atoms with van der Waals surface area (Å²) in [6.45, 7) is 0. The summed E-state index contributed by atoms with van der Waals surface area (Å²) in [7, 11) is 0. The molecule has 2 amide bonds. The molecule has 6 rings (SSSR count). The Balaban J connectivity index is 1.39. The predicted molar refractivity (Wildman–Crippen MR) is 114 cm³/mol. The van der Waals surface area contributed by atoms with Crippen LogP contribution < -0.4 is 10.6 Å². The molecule has 4 fully saturated rings. The molecular weight excluding hydrogens is 467 g/mol. The second kappa shape index (κ2) is 6.90. The van der Waals surface area contributed by atoms with Crippen molar-refractivity contribution >= 4 is 40.1 Å². The van der Waals surface area contributed by atoms with Crippen LogP contribution in [0.1, 0.15) is 59.4 Å². The van der Waals surface area contributed by atoms with Crippen molar-refractivity contribution in [2.24, 2.45) is 17.8 Å². The van der Waals surface area contributed by atoms with Crippen LogP contribution in [-0.2, 0) is 0 Å². The number of carbonyl (C=O) groups excluding carboxylic acids is 2. The van der Waals surface area contributed by atoms with Crippen molar-refractivity contribution < 1.29 is 14.0 Å². The SMILES string of the molecule is O=C(Nc1ccc(I)cc1C(=O)NC12CC3CC(CC(C3)C1)C2)c1ccco1. The number of amides is 2. The topological polar surface area (TPSA) is 71.3 Å². The molecule has 146 valence electrons. The standard InChI is InChI=1S/C22H23IN2O3/c23-16-3-4-18(24-21(27)19-2-1-5-28-19)17(9-16)20(26)25-22-10-13-6-14(11-22)8-15(7-13)12-22/h1-5,9,13-15H,6-8,10-12H2,(H,24,27)(H,25,26). The maximum atomic E-state index is 13.3. The fourth-order valence-corrected chi connectivity index (χ4v) is 6.47. The molecule has 4 aliphatic carbocycles. The largest absolute Gasteiger partial charge is 0.459 e. The summed E-state index contributed by atoms with van der Waals surface area (Å²) in [5.74, 6) is 2.08. The summed E-state index contributed by atoms with van der Waals surface area (Å²) in [6, 6.07) is 8.80. The number of nitrogens with one attached hydrogen (secondary N) is 2. The van der Waals surface area contributed by atoms with Gasteiger partial charge in [-0.3, -0.25) is 9.59 Å². The molecule has 0 aliphatic heterocycles. The fraction of sp³-hybridized carbons (Fsp3) is 0.455. The van der Waals surface area contributed by atoms with Gasteiger partial charge in [0.25, 0.3) is 11.8 Å². The Morgan fingerprint density at radius 2 is 1.68 bits per heavy atom. The molecule has 4 saturated carbocycles. The van der Waals surface area contributed by atoms with Gasteiger partial charge in [0.15, 0.2) is 5.76 Å².